The molecule has 2 amide bonds. The summed E-state index contributed by atoms with van der Waals surface area (Å²) in [7, 11) is 0. The van der Waals surface area contributed by atoms with Gasteiger partial charge in [-0.15, -0.1) is 10.2 Å². The molecule has 0 bridgehead atoms. The van der Waals surface area contributed by atoms with E-state index in [-0.39, 0.29) is 12.6 Å². The van der Waals surface area contributed by atoms with Gasteiger partial charge in [0.25, 0.3) is 0 Å². The predicted octanol–water partition coefficient (Wildman–Crippen LogP) is 6.77. The largest absolute Gasteiger partial charge is 0.331 e. The third-order valence-corrected chi connectivity index (χ3v) is 7.06. The standard InChI is InChI=1S/C27H28ClN5OS/c1-17-7-5-9-21(13-17)16-35-27-32-31-25(33(27)24-14-22(28)12-11-19(24)3)15-29-26(34)30-23-10-6-8-18(2)20(23)4/h5-14H,15-16H2,1-4H3,(H2,29,30,34). The number of nitrogens with zero attached hydrogens (tertiary/aromatic N) is 3. The highest BCUT2D eigenvalue weighted by atomic mass is 35.5. The highest BCUT2D eigenvalue weighted by Crippen LogP contribution is 2.29. The Labute approximate surface area is 215 Å². The number of hydrogen-bond donors (Lipinski definition) is 2. The molecule has 35 heavy (non-hydrogen) atoms. The van der Waals surface area contributed by atoms with E-state index in [0.29, 0.717) is 10.8 Å². The zero-order valence-corrected chi connectivity index (χ0v) is 21.8. The molecule has 1 aromatic heterocycles. The highest BCUT2D eigenvalue weighted by Gasteiger charge is 2.18. The summed E-state index contributed by atoms with van der Waals surface area (Å²) in [5.74, 6) is 1.37. The lowest BCUT2D eigenvalue weighted by molar-refractivity contribution is 0.251. The maximum atomic E-state index is 12.7. The fourth-order valence-corrected chi connectivity index (χ4v) is 4.81. The molecule has 0 spiro atoms. The van der Waals surface area contributed by atoms with Gasteiger partial charge in [0, 0.05) is 16.5 Å². The molecule has 0 aliphatic heterocycles. The maximum absolute atomic E-state index is 12.7. The number of anilines is 1. The van der Waals surface area contributed by atoms with Gasteiger partial charge in [-0.2, -0.15) is 0 Å². The Balaban J connectivity index is 1.57. The van der Waals surface area contributed by atoms with Crippen molar-refractivity contribution in [2.24, 2.45) is 0 Å². The fraction of sp³-hybridized carbons (Fsp3) is 0.222. The van der Waals surface area contributed by atoms with Gasteiger partial charge in [0.15, 0.2) is 11.0 Å². The highest BCUT2D eigenvalue weighted by molar-refractivity contribution is 7.98. The number of aromatic nitrogens is 3. The molecule has 2 N–H and O–H groups in total. The SMILES string of the molecule is Cc1cccc(CSc2nnc(CNC(=O)Nc3cccc(C)c3C)n2-c2cc(Cl)ccc2C)c1. The Kier molecular flexibility index (Phi) is 7.78. The van der Waals surface area contributed by atoms with Crippen LogP contribution in [-0.4, -0.2) is 20.8 Å². The zero-order chi connectivity index (χ0) is 24.9. The summed E-state index contributed by atoms with van der Waals surface area (Å²) < 4.78 is 1.97. The number of nitrogens with one attached hydrogen (secondary N) is 2. The second-order valence-electron chi connectivity index (χ2n) is 8.50. The number of carbonyl (C=O) groups is 1. The quantitative estimate of drug-likeness (QED) is 0.272. The van der Waals surface area contributed by atoms with E-state index in [4.69, 9.17) is 11.6 Å². The lowest BCUT2D eigenvalue weighted by atomic mass is 10.1. The molecule has 0 saturated heterocycles. The first-order chi connectivity index (χ1) is 16.8. The average molecular weight is 506 g/mol. The molecule has 0 atom stereocenters. The van der Waals surface area contributed by atoms with E-state index in [1.807, 2.05) is 61.7 Å². The average Bonchev–Trinajstić information content (AvgIpc) is 3.23. The predicted molar refractivity (Wildman–Crippen MR) is 144 cm³/mol. The van der Waals surface area contributed by atoms with E-state index in [2.05, 4.69) is 52.0 Å². The molecule has 4 rings (SSSR count). The molecule has 4 aromatic rings. The molecule has 0 saturated carbocycles. The molecule has 0 fully saturated rings. The van der Waals surface area contributed by atoms with Crippen LogP contribution < -0.4 is 10.6 Å². The number of thioether (sulfide) groups is 1. The minimum atomic E-state index is -0.301. The van der Waals surface area contributed by atoms with Crippen LogP contribution in [0.2, 0.25) is 5.02 Å². The van der Waals surface area contributed by atoms with Gasteiger partial charge in [-0.1, -0.05) is 71.4 Å². The van der Waals surface area contributed by atoms with E-state index in [1.54, 1.807) is 11.8 Å². The van der Waals surface area contributed by atoms with Gasteiger partial charge in [0.2, 0.25) is 0 Å². The van der Waals surface area contributed by atoms with Crippen molar-refractivity contribution in [1.82, 2.24) is 20.1 Å². The summed E-state index contributed by atoms with van der Waals surface area (Å²) in [6.07, 6.45) is 0. The molecular weight excluding hydrogens is 478 g/mol. The Morgan fingerprint density at radius 1 is 0.971 bits per heavy atom. The smallest absolute Gasteiger partial charge is 0.319 e. The normalized spacial score (nSPS) is 10.9. The number of benzene rings is 3. The monoisotopic (exact) mass is 505 g/mol. The summed E-state index contributed by atoms with van der Waals surface area (Å²) in [5.41, 5.74) is 7.29. The molecule has 0 aliphatic rings. The number of rotatable bonds is 7. The first-order valence-electron chi connectivity index (χ1n) is 11.3. The molecule has 8 heteroatoms. The van der Waals surface area contributed by atoms with Crippen molar-refractivity contribution in [3.8, 4) is 5.69 Å². The van der Waals surface area contributed by atoms with Crippen LogP contribution in [0.15, 0.2) is 65.8 Å². The summed E-state index contributed by atoms with van der Waals surface area (Å²) >= 11 is 7.93. The van der Waals surface area contributed by atoms with Gasteiger partial charge >= 0.3 is 6.03 Å². The number of urea groups is 1. The molecule has 0 aliphatic carbocycles. The van der Waals surface area contributed by atoms with Crippen molar-refractivity contribution < 1.29 is 4.79 Å². The van der Waals surface area contributed by atoms with Gasteiger partial charge in [-0.05, 0) is 68.1 Å². The van der Waals surface area contributed by atoms with E-state index in [0.717, 1.165) is 39.0 Å². The van der Waals surface area contributed by atoms with Crippen molar-refractivity contribution in [2.75, 3.05) is 5.32 Å². The van der Waals surface area contributed by atoms with Crippen molar-refractivity contribution >= 4 is 35.1 Å². The Hall–Kier alpha value is -3.29. The van der Waals surface area contributed by atoms with Crippen LogP contribution in [0.25, 0.3) is 5.69 Å². The second kappa shape index (κ2) is 11.0. The number of amides is 2. The molecule has 0 radical (unpaired) electrons. The van der Waals surface area contributed by atoms with Crippen LogP contribution in [0, 0.1) is 27.7 Å². The lowest BCUT2D eigenvalue weighted by Crippen LogP contribution is -2.29. The van der Waals surface area contributed by atoms with Gasteiger partial charge in [0.05, 0.1) is 12.2 Å². The van der Waals surface area contributed by atoms with Gasteiger partial charge in [-0.3, -0.25) is 4.57 Å². The number of carbonyl (C=O) groups excluding carboxylic acids is 1. The van der Waals surface area contributed by atoms with Gasteiger partial charge < -0.3 is 10.6 Å². The van der Waals surface area contributed by atoms with E-state index in [1.165, 1.54) is 11.1 Å². The molecule has 0 unspecified atom stereocenters. The Morgan fingerprint density at radius 2 is 1.77 bits per heavy atom. The molecule has 1 heterocycles. The molecule has 6 nitrogen and oxygen atoms in total. The summed E-state index contributed by atoms with van der Waals surface area (Å²) in [6.45, 7) is 8.32. The van der Waals surface area contributed by atoms with Crippen molar-refractivity contribution in [2.45, 2.75) is 45.1 Å². The summed E-state index contributed by atoms with van der Waals surface area (Å²) in [5, 5.41) is 16.1. The second-order valence-corrected chi connectivity index (χ2v) is 9.88. The minimum absolute atomic E-state index is 0.209. The van der Waals surface area contributed by atoms with Gasteiger partial charge in [-0.25, -0.2) is 4.79 Å². The van der Waals surface area contributed by atoms with Crippen LogP contribution in [0.5, 0.6) is 0 Å². The Bertz CT molecular complexity index is 1370. The third-order valence-electron chi connectivity index (χ3n) is 5.82. The van der Waals surface area contributed by atoms with Crippen molar-refractivity contribution in [3.63, 3.8) is 0 Å². The number of halogens is 1. The summed E-state index contributed by atoms with van der Waals surface area (Å²) in [6, 6.07) is 19.7. The Morgan fingerprint density at radius 3 is 2.57 bits per heavy atom. The van der Waals surface area contributed by atoms with E-state index >= 15 is 0 Å². The maximum Gasteiger partial charge on any atom is 0.319 e. The molecule has 3 aromatic carbocycles. The minimum Gasteiger partial charge on any atom is -0.331 e. The van der Waals surface area contributed by atoms with E-state index in [9.17, 15) is 4.79 Å². The summed E-state index contributed by atoms with van der Waals surface area (Å²) in [4.78, 5) is 12.7. The first kappa shape index (κ1) is 24.8. The van der Waals surface area contributed by atoms with E-state index < -0.39 is 0 Å². The molecular formula is C27H28ClN5OS. The number of hydrogen-bond acceptors (Lipinski definition) is 4. The van der Waals surface area contributed by atoms with Crippen LogP contribution in [0.1, 0.15) is 33.6 Å². The van der Waals surface area contributed by atoms with Gasteiger partial charge in [0.1, 0.15) is 0 Å². The third kappa shape index (κ3) is 6.05. The van der Waals surface area contributed by atoms with Crippen LogP contribution in [0.3, 0.4) is 0 Å². The lowest BCUT2D eigenvalue weighted by Gasteiger charge is -2.15. The molecule has 180 valence electrons. The zero-order valence-electron chi connectivity index (χ0n) is 20.2. The van der Waals surface area contributed by atoms with Crippen LogP contribution in [-0.2, 0) is 12.3 Å². The van der Waals surface area contributed by atoms with Crippen molar-refractivity contribution in [1.29, 1.82) is 0 Å². The van der Waals surface area contributed by atoms with Crippen molar-refractivity contribution in [3.05, 3.63) is 99.3 Å². The fourth-order valence-electron chi connectivity index (χ4n) is 3.74. The van der Waals surface area contributed by atoms with Crippen LogP contribution in [0.4, 0.5) is 10.5 Å². The number of aryl methyl sites for hydroxylation is 3. The van der Waals surface area contributed by atoms with Crippen LogP contribution >= 0.6 is 23.4 Å². The topological polar surface area (TPSA) is 71.8 Å². The first-order valence-corrected chi connectivity index (χ1v) is 12.7.